The van der Waals surface area contributed by atoms with Gasteiger partial charge in [-0.3, -0.25) is 15.5 Å². The fourth-order valence-electron chi connectivity index (χ4n) is 1.98. The molecule has 0 saturated heterocycles. The van der Waals surface area contributed by atoms with Crippen LogP contribution in [-0.2, 0) is 4.74 Å². The van der Waals surface area contributed by atoms with Crippen molar-refractivity contribution >= 4 is 23.5 Å². The molecule has 120 valence electrons. The number of aromatic nitrogens is 1. The molecular formula is C16H18N4O3. The van der Waals surface area contributed by atoms with E-state index in [1.54, 1.807) is 50.4 Å². The van der Waals surface area contributed by atoms with Crippen molar-refractivity contribution in [1.82, 2.24) is 10.3 Å². The number of aryl methyl sites for hydroxylation is 1. The van der Waals surface area contributed by atoms with E-state index in [1.165, 1.54) is 0 Å². The highest BCUT2D eigenvalue weighted by molar-refractivity contribution is 6.10. The van der Waals surface area contributed by atoms with Crippen LogP contribution in [0.15, 0.2) is 36.5 Å². The third-order valence-electron chi connectivity index (χ3n) is 3.08. The Labute approximate surface area is 133 Å². The number of benzene rings is 1. The molecule has 0 saturated carbocycles. The predicted octanol–water partition coefficient (Wildman–Crippen LogP) is 2.28. The van der Waals surface area contributed by atoms with Crippen LogP contribution in [0.3, 0.4) is 0 Å². The van der Waals surface area contributed by atoms with Crippen molar-refractivity contribution in [2.24, 2.45) is 0 Å². The second kappa shape index (κ2) is 7.26. The third kappa shape index (κ3) is 3.97. The van der Waals surface area contributed by atoms with Crippen LogP contribution in [0.25, 0.3) is 0 Å². The molecule has 2 rings (SSSR count). The van der Waals surface area contributed by atoms with Crippen LogP contribution in [0.1, 0.15) is 33.3 Å². The molecule has 7 nitrogen and oxygen atoms in total. The van der Waals surface area contributed by atoms with Crippen molar-refractivity contribution in [3.05, 3.63) is 53.3 Å². The van der Waals surface area contributed by atoms with Crippen molar-refractivity contribution in [3.63, 3.8) is 0 Å². The molecular weight excluding hydrogens is 296 g/mol. The normalized spacial score (nSPS) is 10.0. The minimum Gasteiger partial charge on any atom is -0.461 e. The van der Waals surface area contributed by atoms with Crippen LogP contribution in [0.5, 0.6) is 0 Å². The van der Waals surface area contributed by atoms with Gasteiger partial charge in [-0.05, 0) is 31.5 Å². The Kier molecular flexibility index (Phi) is 5.14. The largest absolute Gasteiger partial charge is 0.461 e. The van der Waals surface area contributed by atoms with Crippen molar-refractivity contribution < 1.29 is 14.3 Å². The van der Waals surface area contributed by atoms with E-state index < -0.39 is 11.9 Å². The van der Waals surface area contributed by atoms with E-state index >= 15 is 0 Å². The molecule has 0 atom stereocenters. The number of hydrogen-bond acceptors (Lipinski definition) is 4. The smallest absolute Gasteiger partial charge is 0.356 e. The Morgan fingerprint density at radius 2 is 1.96 bits per heavy atom. The van der Waals surface area contributed by atoms with E-state index in [0.29, 0.717) is 11.3 Å². The highest BCUT2D eigenvalue weighted by Gasteiger charge is 2.18. The van der Waals surface area contributed by atoms with Gasteiger partial charge in [0.05, 0.1) is 12.3 Å². The molecule has 0 unspecified atom stereocenters. The first-order valence-electron chi connectivity index (χ1n) is 7.10. The molecule has 0 radical (unpaired) electrons. The summed E-state index contributed by atoms with van der Waals surface area (Å²) in [6.07, 6.45) is 1.63. The molecule has 0 aliphatic carbocycles. The predicted molar refractivity (Wildman–Crippen MR) is 86.7 cm³/mol. The standard InChI is InChI=1S/C16H18N4O3/c1-3-23-15(22)13-12(10(2)9-18-13)19-16(17)20-14(21)11-7-5-4-6-8-11/h4-9,18H,3H2,1-2H3,(H3,17,19,20,21). The second-order valence-corrected chi connectivity index (χ2v) is 4.76. The van der Waals surface area contributed by atoms with Gasteiger partial charge in [0.2, 0.25) is 0 Å². The molecule has 1 amide bonds. The minimum absolute atomic E-state index is 0.211. The van der Waals surface area contributed by atoms with E-state index in [4.69, 9.17) is 10.1 Å². The molecule has 4 N–H and O–H groups in total. The second-order valence-electron chi connectivity index (χ2n) is 4.76. The van der Waals surface area contributed by atoms with Gasteiger partial charge < -0.3 is 15.0 Å². The van der Waals surface area contributed by atoms with Crippen LogP contribution in [-0.4, -0.2) is 29.4 Å². The number of ether oxygens (including phenoxy) is 1. The molecule has 1 heterocycles. The lowest BCUT2D eigenvalue weighted by atomic mass is 10.2. The summed E-state index contributed by atoms with van der Waals surface area (Å²) in [5.41, 5.74) is 1.78. The van der Waals surface area contributed by atoms with Crippen molar-refractivity contribution in [1.29, 1.82) is 5.41 Å². The maximum absolute atomic E-state index is 12.0. The molecule has 7 heteroatoms. The highest BCUT2D eigenvalue weighted by atomic mass is 16.5. The molecule has 0 aliphatic heterocycles. The average molecular weight is 314 g/mol. The lowest BCUT2D eigenvalue weighted by Crippen LogP contribution is -2.35. The minimum atomic E-state index is -0.523. The summed E-state index contributed by atoms with van der Waals surface area (Å²) in [5.74, 6) is -1.16. The van der Waals surface area contributed by atoms with Gasteiger partial charge in [-0.15, -0.1) is 0 Å². The van der Waals surface area contributed by atoms with Gasteiger partial charge in [-0.25, -0.2) is 4.79 Å². The number of nitrogens with one attached hydrogen (secondary N) is 4. The van der Waals surface area contributed by atoms with Gasteiger partial charge in [0.25, 0.3) is 5.91 Å². The van der Waals surface area contributed by atoms with Crippen LogP contribution in [0.2, 0.25) is 0 Å². The quantitative estimate of drug-likeness (QED) is 0.394. The third-order valence-corrected chi connectivity index (χ3v) is 3.08. The highest BCUT2D eigenvalue weighted by Crippen LogP contribution is 2.20. The Morgan fingerprint density at radius 1 is 1.26 bits per heavy atom. The van der Waals surface area contributed by atoms with Crippen molar-refractivity contribution in [2.75, 3.05) is 11.9 Å². The summed E-state index contributed by atoms with van der Waals surface area (Å²) in [4.78, 5) is 26.7. The Balaban J connectivity index is 2.07. The van der Waals surface area contributed by atoms with Gasteiger partial charge in [-0.2, -0.15) is 0 Å². The fraction of sp³-hybridized carbons (Fsp3) is 0.188. The maximum Gasteiger partial charge on any atom is 0.356 e. The number of carbonyl (C=O) groups excluding carboxylic acids is 2. The Hall–Kier alpha value is -3.09. The monoisotopic (exact) mass is 314 g/mol. The number of carbonyl (C=O) groups is 2. The molecule has 0 fully saturated rings. The molecule has 0 spiro atoms. The number of anilines is 1. The number of aromatic amines is 1. The molecule has 1 aromatic carbocycles. The van der Waals surface area contributed by atoms with E-state index in [-0.39, 0.29) is 18.3 Å². The van der Waals surface area contributed by atoms with Crippen LogP contribution in [0, 0.1) is 12.3 Å². The van der Waals surface area contributed by atoms with E-state index in [0.717, 1.165) is 5.56 Å². The van der Waals surface area contributed by atoms with Gasteiger partial charge in [0.15, 0.2) is 5.96 Å². The summed E-state index contributed by atoms with van der Waals surface area (Å²) in [6.45, 7) is 3.73. The molecule has 1 aromatic heterocycles. The molecule has 23 heavy (non-hydrogen) atoms. The maximum atomic E-state index is 12.0. The zero-order valence-electron chi connectivity index (χ0n) is 12.9. The molecule has 0 bridgehead atoms. The average Bonchev–Trinajstić information content (AvgIpc) is 2.89. The first-order valence-corrected chi connectivity index (χ1v) is 7.10. The SMILES string of the molecule is CCOC(=O)c1[nH]cc(C)c1NC(=N)NC(=O)c1ccccc1. The van der Waals surface area contributed by atoms with Crippen LogP contribution >= 0.6 is 0 Å². The molecule has 2 aromatic rings. The topological polar surface area (TPSA) is 107 Å². The van der Waals surface area contributed by atoms with Crippen molar-refractivity contribution in [2.45, 2.75) is 13.8 Å². The fourth-order valence-corrected chi connectivity index (χ4v) is 1.98. The molecule has 0 aliphatic rings. The number of H-pyrrole nitrogens is 1. The summed E-state index contributed by atoms with van der Waals surface area (Å²) in [7, 11) is 0. The van der Waals surface area contributed by atoms with Gasteiger partial charge in [0, 0.05) is 11.8 Å². The number of esters is 1. The zero-order chi connectivity index (χ0) is 16.8. The number of amides is 1. The zero-order valence-corrected chi connectivity index (χ0v) is 12.9. The van der Waals surface area contributed by atoms with Crippen LogP contribution < -0.4 is 10.6 Å². The summed E-state index contributed by atoms with van der Waals surface area (Å²) >= 11 is 0. The summed E-state index contributed by atoms with van der Waals surface area (Å²) in [6, 6.07) is 8.57. The first-order chi connectivity index (χ1) is 11.0. The number of rotatable bonds is 4. The Morgan fingerprint density at radius 3 is 2.61 bits per heavy atom. The van der Waals surface area contributed by atoms with Gasteiger partial charge >= 0.3 is 5.97 Å². The number of hydrogen-bond donors (Lipinski definition) is 4. The first kappa shape index (κ1) is 16.3. The van der Waals surface area contributed by atoms with Crippen LogP contribution in [0.4, 0.5) is 5.69 Å². The summed E-state index contributed by atoms with van der Waals surface area (Å²) < 4.78 is 4.95. The van der Waals surface area contributed by atoms with E-state index in [2.05, 4.69) is 15.6 Å². The lowest BCUT2D eigenvalue weighted by molar-refractivity contribution is 0.0521. The van der Waals surface area contributed by atoms with Crippen molar-refractivity contribution in [3.8, 4) is 0 Å². The van der Waals surface area contributed by atoms with E-state index in [1.807, 2.05) is 0 Å². The Bertz CT molecular complexity index is 722. The lowest BCUT2D eigenvalue weighted by Gasteiger charge is -2.11. The summed E-state index contributed by atoms with van der Waals surface area (Å²) in [5, 5.41) is 13.0. The van der Waals surface area contributed by atoms with Gasteiger partial charge in [-0.1, -0.05) is 18.2 Å². The van der Waals surface area contributed by atoms with E-state index in [9.17, 15) is 9.59 Å². The van der Waals surface area contributed by atoms with Gasteiger partial charge in [0.1, 0.15) is 5.69 Å². The number of guanidine groups is 1.